The van der Waals surface area contributed by atoms with E-state index in [-0.39, 0.29) is 26.4 Å². The van der Waals surface area contributed by atoms with Gasteiger partial charge in [0.15, 0.2) is 0 Å². The number of rotatable bonds is 9. The SMILES string of the molecule is C=CCn1c(=O)n(CC=C)c(=O)n(COCCOC)c1=O. The fourth-order valence-electron chi connectivity index (χ4n) is 1.66. The first-order valence-electron chi connectivity index (χ1n) is 6.31. The van der Waals surface area contributed by atoms with Crippen molar-refractivity contribution in [1.29, 1.82) is 0 Å². The van der Waals surface area contributed by atoms with Gasteiger partial charge < -0.3 is 9.47 Å². The van der Waals surface area contributed by atoms with Gasteiger partial charge in [-0.25, -0.2) is 28.1 Å². The van der Waals surface area contributed by atoms with E-state index >= 15 is 0 Å². The predicted molar refractivity (Wildman–Crippen MR) is 77.4 cm³/mol. The van der Waals surface area contributed by atoms with Gasteiger partial charge in [0.25, 0.3) is 0 Å². The second-order valence-electron chi connectivity index (χ2n) is 4.10. The van der Waals surface area contributed by atoms with E-state index in [4.69, 9.17) is 9.47 Å². The average molecular weight is 297 g/mol. The molecule has 0 bridgehead atoms. The van der Waals surface area contributed by atoms with Crippen molar-refractivity contribution in [3.05, 3.63) is 56.8 Å². The topological polar surface area (TPSA) is 84.5 Å². The van der Waals surface area contributed by atoms with Crippen molar-refractivity contribution in [2.24, 2.45) is 0 Å². The third-order valence-corrected chi connectivity index (χ3v) is 2.66. The predicted octanol–water partition coefficient (Wildman–Crippen LogP) is -0.836. The Morgan fingerprint density at radius 3 is 1.81 bits per heavy atom. The third-order valence-electron chi connectivity index (χ3n) is 2.66. The molecule has 0 aliphatic heterocycles. The smallest absolute Gasteiger partial charge is 0.338 e. The maximum absolute atomic E-state index is 12.1. The molecule has 0 spiro atoms. The zero-order valence-corrected chi connectivity index (χ0v) is 12.0. The summed E-state index contributed by atoms with van der Waals surface area (Å²) in [6.07, 6.45) is 2.81. The second kappa shape index (κ2) is 8.18. The molecule has 1 heterocycles. The molecule has 0 N–H and O–H groups in total. The van der Waals surface area contributed by atoms with Gasteiger partial charge in [0, 0.05) is 7.11 Å². The van der Waals surface area contributed by atoms with E-state index < -0.39 is 17.1 Å². The number of ether oxygens (including phenoxy) is 2. The molecule has 0 unspecified atom stereocenters. The zero-order chi connectivity index (χ0) is 15.8. The molecule has 8 nitrogen and oxygen atoms in total. The normalized spacial score (nSPS) is 10.5. The largest absolute Gasteiger partial charge is 0.382 e. The van der Waals surface area contributed by atoms with Gasteiger partial charge in [-0.2, -0.15) is 0 Å². The summed E-state index contributed by atoms with van der Waals surface area (Å²) >= 11 is 0. The van der Waals surface area contributed by atoms with Crippen LogP contribution in [0.25, 0.3) is 0 Å². The Balaban J connectivity index is 3.31. The van der Waals surface area contributed by atoms with Gasteiger partial charge in [0.2, 0.25) is 0 Å². The Hall–Kier alpha value is -2.19. The summed E-state index contributed by atoms with van der Waals surface area (Å²) < 4.78 is 12.7. The molecule has 116 valence electrons. The van der Waals surface area contributed by atoms with Gasteiger partial charge in [-0.1, -0.05) is 12.2 Å². The lowest BCUT2D eigenvalue weighted by molar-refractivity contribution is 0.0285. The Morgan fingerprint density at radius 2 is 1.38 bits per heavy atom. The van der Waals surface area contributed by atoms with E-state index in [0.29, 0.717) is 6.61 Å². The fourth-order valence-corrected chi connectivity index (χ4v) is 1.66. The van der Waals surface area contributed by atoms with Crippen LogP contribution in [-0.2, 0) is 29.3 Å². The van der Waals surface area contributed by atoms with E-state index in [2.05, 4.69) is 13.2 Å². The highest BCUT2D eigenvalue weighted by atomic mass is 16.5. The van der Waals surface area contributed by atoms with Gasteiger partial charge >= 0.3 is 17.1 Å². The van der Waals surface area contributed by atoms with Crippen LogP contribution in [0.1, 0.15) is 0 Å². The van der Waals surface area contributed by atoms with Crippen LogP contribution in [0.5, 0.6) is 0 Å². The minimum absolute atomic E-state index is 0.00710. The number of hydrogen-bond donors (Lipinski definition) is 0. The Bertz CT molecular complexity index is 620. The molecule has 1 aromatic heterocycles. The molecular formula is C13H19N3O5. The lowest BCUT2D eigenvalue weighted by atomic mass is 10.5. The molecule has 21 heavy (non-hydrogen) atoms. The maximum atomic E-state index is 12.1. The number of methoxy groups -OCH3 is 1. The maximum Gasteiger partial charge on any atom is 0.338 e. The molecule has 0 radical (unpaired) electrons. The summed E-state index contributed by atoms with van der Waals surface area (Å²) in [7, 11) is 1.51. The van der Waals surface area contributed by atoms with Crippen LogP contribution in [0.2, 0.25) is 0 Å². The summed E-state index contributed by atoms with van der Waals surface area (Å²) in [5.41, 5.74) is -2.16. The first kappa shape index (κ1) is 16.9. The van der Waals surface area contributed by atoms with E-state index in [1.807, 2.05) is 0 Å². The summed E-state index contributed by atoms with van der Waals surface area (Å²) in [5.74, 6) is 0. The third kappa shape index (κ3) is 3.89. The minimum atomic E-state index is -0.734. The fraction of sp³-hybridized carbons (Fsp3) is 0.462. The summed E-state index contributed by atoms with van der Waals surface area (Å²) in [6.45, 7) is 7.30. The lowest BCUT2D eigenvalue weighted by Gasteiger charge is -2.12. The summed E-state index contributed by atoms with van der Waals surface area (Å²) in [4.78, 5) is 36.4. The van der Waals surface area contributed by atoms with E-state index in [1.54, 1.807) is 0 Å². The van der Waals surface area contributed by atoms with Crippen LogP contribution in [0.3, 0.4) is 0 Å². The molecule has 0 aliphatic carbocycles. The van der Waals surface area contributed by atoms with Crippen molar-refractivity contribution < 1.29 is 9.47 Å². The second-order valence-corrected chi connectivity index (χ2v) is 4.10. The molecule has 1 rings (SSSR count). The molecule has 0 atom stereocenters. The highest BCUT2D eigenvalue weighted by molar-refractivity contribution is 4.84. The van der Waals surface area contributed by atoms with Crippen LogP contribution in [0.4, 0.5) is 0 Å². The van der Waals surface area contributed by atoms with Gasteiger partial charge in [-0.05, 0) is 0 Å². The highest BCUT2D eigenvalue weighted by Crippen LogP contribution is 1.82. The Morgan fingerprint density at radius 1 is 0.905 bits per heavy atom. The van der Waals surface area contributed by atoms with Crippen molar-refractivity contribution in [3.8, 4) is 0 Å². The zero-order valence-electron chi connectivity index (χ0n) is 12.0. The average Bonchev–Trinajstić information content (AvgIpc) is 2.47. The van der Waals surface area contributed by atoms with Crippen molar-refractivity contribution in [2.45, 2.75) is 19.8 Å². The van der Waals surface area contributed by atoms with Crippen LogP contribution in [0.15, 0.2) is 39.7 Å². The van der Waals surface area contributed by atoms with Crippen molar-refractivity contribution >= 4 is 0 Å². The van der Waals surface area contributed by atoms with E-state index in [9.17, 15) is 14.4 Å². The molecule has 0 aromatic carbocycles. The quantitative estimate of drug-likeness (QED) is 0.438. The first-order chi connectivity index (χ1) is 10.1. The molecule has 0 saturated heterocycles. The highest BCUT2D eigenvalue weighted by Gasteiger charge is 2.13. The molecule has 0 amide bonds. The van der Waals surface area contributed by atoms with E-state index in [0.717, 1.165) is 13.7 Å². The molecule has 8 heteroatoms. The lowest BCUT2D eigenvalue weighted by Crippen LogP contribution is -2.54. The standard InChI is InChI=1S/C13H19N3O5/c1-4-6-14-11(17)15(7-5-2)13(19)16(12(14)18)10-21-9-8-20-3/h4-5H,1-2,6-10H2,3H3. The Labute approximate surface area is 121 Å². The number of aromatic nitrogens is 3. The molecule has 0 saturated carbocycles. The van der Waals surface area contributed by atoms with Gasteiger partial charge in [0.05, 0.1) is 26.3 Å². The molecule has 1 aromatic rings. The van der Waals surface area contributed by atoms with Gasteiger partial charge in [-0.15, -0.1) is 13.2 Å². The van der Waals surface area contributed by atoms with Gasteiger partial charge in [-0.3, -0.25) is 0 Å². The van der Waals surface area contributed by atoms with Crippen LogP contribution >= 0.6 is 0 Å². The van der Waals surface area contributed by atoms with Gasteiger partial charge in [0.1, 0.15) is 6.73 Å². The van der Waals surface area contributed by atoms with Crippen LogP contribution < -0.4 is 17.1 Å². The van der Waals surface area contributed by atoms with Crippen LogP contribution in [-0.4, -0.2) is 34.0 Å². The van der Waals surface area contributed by atoms with E-state index in [1.165, 1.54) is 19.3 Å². The molecule has 0 aliphatic rings. The molecular weight excluding hydrogens is 278 g/mol. The Kier molecular flexibility index (Phi) is 6.57. The van der Waals surface area contributed by atoms with Crippen molar-refractivity contribution in [3.63, 3.8) is 0 Å². The van der Waals surface area contributed by atoms with Crippen molar-refractivity contribution in [1.82, 2.24) is 13.7 Å². The summed E-state index contributed by atoms with van der Waals surface area (Å²) in [6, 6.07) is 0. The number of nitrogens with zero attached hydrogens (tertiary/aromatic N) is 3. The molecule has 0 fully saturated rings. The number of hydrogen-bond acceptors (Lipinski definition) is 5. The summed E-state index contributed by atoms with van der Waals surface area (Å²) in [5, 5.41) is 0. The monoisotopic (exact) mass is 297 g/mol. The minimum Gasteiger partial charge on any atom is -0.382 e. The van der Waals surface area contributed by atoms with Crippen LogP contribution in [0, 0.1) is 0 Å². The van der Waals surface area contributed by atoms with Crippen molar-refractivity contribution in [2.75, 3.05) is 20.3 Å². The first-order valence-corrected chi connectivity index (χ1v) is 6.31. The number of allylic oxidation sites excluding steroid dienone is 2.